The molecule has 150 valence electrons. The third-order valence-electron chi connectivity index (χ3n) is 4.18. The first-order chi connectivity index (χ1) is 13.8. The van der Waals surface area contributed by atoms with E-state index in [-0.39, 0.29) is 23.3 Å². The number of carboxylic acids is 1. The lowest BCUT2D eigenvalue weighted by Gasteiger charge is -2.13. The minimum atomic E-state index is -0.915. The van der Waals surface area contributed by atoms with Gasteiger partial charge in [0.25, 0.3) is 0 Å². The average molecular weight is 463 g/mol. The molecule has 0 bridgehead atoms. The number of aromatic hydroxyl groups is 1. The third kappa shape index (κ3) is 5.08. The first kappa shape index (κ1) is 20.7. The second kappa shape index (κ2) is 9.00. The third-order valence-corrected chi connectivity index (χ3v) is 4.68. The van der Waals surface area contributed by atoms with E-state index in [4.69, 9.17) is 5.11 Å². The highest BCUT2D eigenvalue weighted by molar-refractivity contribution is 9.10. The molecule has 0 spiro atoms. The zero-order chi connectivity index (χ0) is 21.0. The Morgan fingerprint density at radius 3 is 2.52 bits per heavy atom. The number of halogens is 3. The number of aliphatic carboxylic acids is 1. The Balaban J connectivity index is 2.07. The van der Waals surface area contributed by atoms with Crippen molar-refractivity contribution in [3.63, 3.8) is 0 Å². The number of benzene rings is 2. The highest BCUT2D eigenvalue weighted by Gasteiger charge is 2.16. The Morgan fingerprint density at radius 2 is 1.83 bits per heavy atom. The smallest absolute Gasteiger partial charge is 0.303 e. The second-order valence-corrected chi connectivity index (χ2v) is 7.22. The van der Waals surface area contributed by atoms with Gasteiger partial charge in [0.05, 0.1) is 11.3 Å². The number of phenolic OH excluding ortho intramolecular Hbond substituents is 1. The lowest BCUT2D eigenvalue weighted by atomic mass is 10.0. The Hall–Kier alpha value is -3.00. The SMILES string of the molecule is O=C(O)CCCNc1cc(-c2c(F)cccc2F)cc(-c2cc(Br)ccc2O)n1. The van der Waals surface area contributed by atoms with Gasteiger partial charge in [-0.1, -0.05) is 22.0 Å². The lowest BCUT2D eigenvalue weighted by Crippen LogP contribution is -2.07. The van der Waals surface area contributed by atoms with Gasteiger partial charge in [-0.2, -0.15) is 0 Å². The van der Waals surface area contributed by atoms with Crippen LogP contribution in [0.15, 0.2) is 53.0 Å². The van der Waals surface area contributed by atoms with Crippen LogP contribution in [0, 0.1) is 11.6 Å². The van der Waals surface area contributed by atoms with Gasteiger partial charge in [-0.15, -0.1) is 0 Å². The predicted molar refractivity (Wildman–Crippen MR) is 110 cm³/mol. The van der Waals surface area contributed by atoms with Crippen LogP contribution >= 0.6 is 15.9 Å². The molecule has 3 aromatic rings. The fraction of sp³-hybridized carbons (Fsp3) is 0.143. The first-order valence-electron chi connectivity index (χ1n) is 8.76. The van der Waals surface area contributed by atoms with Crippen molar-refractivity contribution in [2.24, 2.45) is 0 Å². The van der Waals surface area contributed by atoms with Crippen LogP contribution in [-0.4, -0.2) is 27.7 Å². The minimum Gasteiger partial charge on any atom is -0.507 e. The largest absolute Gasteiger partial charge is 0.507 e. The van der Waals surface area contributed by atoms with E-state index in [1.54, 1.807) is 12.1 Å². The van der Waals surface area contributed by atoms with Gasteiger partial charge in [0.2, 0.25) is 0 Å². The fourth-order valence-electron chi connectivity index (χ4n) is 2.85. The number of phenols is 1. The Labute approximate surface area is 174 Å². The number of hydrogen-bond acceptors (Lipinski definition) is 4. The number of anilines is 1. The molecule has 0 aliphatic rings. The molecule has 0 radical (unpaired) electrons. The molecule has 0 saturated heterocycles. The van der Waals surface area contributed by atoms with Crippen LogP contribution in [0.3, 0.4) is 0 Å². The average Bonchev–Trinajstić information content (AvgIpc) is 2.67. The van der Waals surface area contributed by atoms with Crippen LogP contribution in [-0.2, 0) is 4.79 Å². The number of aromatic nitrogens is 1. The molecule has 0 aliphatic carbocycles. The van der Waals surface area contributed by atoms with Crippen LogP contribution in [0.4, 0.5) is 14.6 Å². The zero-order valence-corrected chi connectivity index (χ0v) is 16.7. The molecule has 0 aliphatic heterocycles. The summed E-state index contributed by atoms with van der Waals surface area (Å²) in [6, 6.07) is 11.4. The van der Waals surface area contributed by atoms with Crippen molar-refractivity contribution in [2.45, 2.75) is 12.8 Å². The summed E-state index contributed by atoms with van der Waals surface area (Å²) in [5.74, 6) is -2.09. The van der Waals surface area contributed by atoms with E-state index in [0.29, 0.717) is 34.5 Å². The van der Waals surface area contributed by atoms with Gasteiger partial charge >= 0.3 is 5.97 Å². The number of rotatable bonds is 7. The van der Waals surface area contributed by atoms with Crippen molar-refractivity contribution in [3.8, 4) is 28.1 Å². The molecule has 1 aromatic heterocycles. The van der Waals surface area contributed by atoms with Crippen LogP contribution < -0.4 is 5.32 Å². The first-order valence-corrected chi connectivity index (χ1v) is 9.55. The molecule has 0 saturated carbocycles. The molecule has 8 heteroatoms. The van der Waals surface area contributed by atoms with Gasteiger partial charge in [-0.25, -0.2) is 13.8 Å². The van der Waals surface area contributed by atoms with Crippen LogP contribution in [0.1, 0.15) is 12.8 Å². The minimum absolute atomic E-state index is 0.0199. The molecular weight excluding hydrogens is 446 g/mol. The van der Waals surface area contributed by atoms with Gasteiger partial charge in [0.15, 0.2) is 0 Å². The molecule has 29 heavy (non-hydrogen) atoms. The molecule has 0 unspecified atom stereocenters. The standard InChI is InChI=1S/C21H17BrF2N2O3/c22-13-6-7-18(27)14(11-13)17-9-12(21-15(23)3-1-4-16(21)24)10-19(26-17)25-8-2-5-20(28)29/h1,3-4,6-7,9-11,27H,2,5,8H2,(H,25,26)(H,28,29). The van der Waals surface area contributed by atoms with Gasteiger partial charge in [0, 0.05) is 23.0 Å². The van der Waals surface area contributed by atoms with E-state index in [9.17, 15) is 18.7 Å². The van der Waals surface area contributed by atoms with Gasteiger partial charge in [0.1, 0.15) is 23.2 Å². The number of pyridine rings is 1. The normalized spacial score (nSPS) is 10.7. The van der Waals surface area contributed by atoms with Crippen molar-refractivity contribution in [3.05, 3.63) is 64.6 Å². The van der Waals surface area contributed by atoms with E-state index in [2.05, 4.69) is 26.2 Å². The summed E-state index contributed by atoms with van der Waals surface area (Å²) >= 11 is 3.33. The summed E-state index contributed by atoms with van der Waals surface area (Å²) in [5, 5.41) is 22.0. The van der Waals surface area contributed by atoms with Crippen LogP contribution in [0.2, 0.25) is 0 Å². The summed E-state index contributed by atoms with van der Waals surface area (Å²) in [6.07, 6.45) is 0.334. The number of nitrogens with one attached hydrogen (secondary N) is 1. The lowest BCUT2D eigenvalue weighted by molar-refractivity contribution is -0.137. The molecule has 0 amide bonds. The highest BCUT2D eigenvalue weighted by atomic mass is 79.9. The summed E-state index contributed by atoms with van der Waals surface area (Å²) in [6.45, 7) is 0.312. The summed E-state index contributed by atoms with van der Waals surface area (Å²) in [5.41, 5.74) is 0.723. The monoisotopic (exact) mass is 462 g/mol. The number of carbonyl (C=O) groups is 1. The molecule has 3 rings (SSSR count). The molecule has 3 N–H and O–H groups in total. The second-order valence-electron chi connectivity index (χ2n) is 6.31. The van der Waals surface area contributed by atoms with E-state index in [1.807, 2.05) is 0 Å². The Kier molecular flexibility index (Phi) is 6.43. The topological polar surface area (TPSA) is 82.5 Å². The van der Waals surface area contributed by atoms with E-state index >= 15 is 0 Å². The molecule has 1 heterocycles. The van der Waals surface area contributed by atoms with Crippen molar-refractivity contribution < 1.29 is 23.8 Å². The molecule has 5 nitrogen and oxygen atoms in total. The van der Waals surface area contributed by atoms with Gasteiger partial charge in [-0.3, -0.25) is 4.79 Å². The number of nitrogens with zero attached hydrogens (tertiary/aromatic N) is 1. The van der Waals surface area contributed by atoms with Crippen molar-refractivity contribution in [2.75, 3.05) is 11.9 Å². The number of hydrogen-bond donors (Lipinski definition) is 3. The van der Waals surface area contributed by atoms with Crippen LogP contribution in [0.25, 0.3) is 22.4 Å². The highest BCUT2D eigenvalue weighted by Crippen LogP contribution is 2.35. The fourth-order valence-corrected chi connectivity index (χ4v) is 3.21. The maximum Gasteiger partial charge on any atom is 0.303 e. The van der Waals surface area contributed by atoms with Crippen molar-refractivity contribution >= 4 is 27.7 Å². The van der Waals surface area contributed by atoms with Gasteiger partial charge in [-0.05, 0) is 54.4 Å². The van der Waals surface area contributed by atoms with Crippen molar-refractivity contribution in [1.82, 2.24) is 4.98 Å². The Bertz CT molecular complexity index is 1040. The maximum absolute atomic E-state index is 14.3. The summed E-state index contributed by atoms with van der Waals surface area (Å²) < 4.78 is 29.4. The van der Waals surface area contributed by atoms with E-state index in [1.165, 1.54) is 24.3 Å². The maximum atomic E-state index is 14.3. The zero-order valence-electron chi connectivity index (χ0n) is 15.1. The molecule has 0 fully saturated rings. The number of carboxylic acid groups (broad SMARTS) is 1. The quantitative estimate of drug-likeness (QED) is 0.407. The van der Waals surface area contributed by atoms with E-state index in [0.717, 1.165) is 12.1 Å². The summed E-state index contributed by atoms with van der Waals surface area (Å²) in [7, 11) is 0. The molecule has 2 aromatic carbocycles. The molecule has 0 atom stereocenters. The van der Waals surface area contributed by atoms with Crippen LogP contribution in [0.5, 0.6) is 5.75 Å². The summed E-state index contributed by atoms with van der Waals surface area (Å²) in [4.78, 5) is 15.1. The predicted octanol–water partition coefficient (Wildman–Crippen LogP) is 5.44. The van der Waals surface area contributed by atoms with Crippen molar-refractivity contribution in [1.29, 1.82) is 0 Å². The Morgan fingerprint density at radius 1 is 1.10 bits per heavy atom. The van der Waals surface area contributed by atoms with E-state index < -0.39 is 17.6 Å². The van der Waals surface area contributed by atoms with Gasteiger partial charge < -0.3 is 15.5 Å². The molecular formula is C21H17BrF2N2O3.